The summed E-state index contributed by atoms with van der Waals surface area (Å²) >= 11 is 0. The van der Waals surface area contributed by atoms with Crippen LogP contribution in [0.25, 0.3) is 0 Å². The highest BCUT2D eigenvalue weighted by atomic mass is 16.5. The highest BCUT2D eigenvalue weighted by molar-refractivity contribution is 5.86. The topological polar surface area (TPSA) is 76.7 Å². The molecule has 6 heteroatoms. The molecule has 0 bridgehead atoms. The molecule has 0 radical (unpaired) electrons. The Hall–Kier alpha value is -1.92. The molecule has 6 nitrogen and oxygen atoms in total. The summed E-state index contributed by atoms with van der Waals surface area (Å²) in [5.74, 6) is -0.734. The van der Waals surface area contributed by atoms with Crippen LogP contribution in [-0.4, -0.2) is 45.3 Å². The van der Waals surface area contributed by atoms with Crippen molar-refractivity contribution in [2.24, 2.45) is 0 Å². The fraction of sp³-hybridized carbons (Fsp3) is 0.467. The molecule has 0 aliphatic rings. The van der Waals surface area contributed by atoms with Gasteiger partial charge in [0.2, 0.25) is 5.91 Å². The van der Waals surface area contributed by atoms with E-state index in [9.17, 15) is 9.59 Å². The first kappa shape index (κ1) is 17.1. The molecule has 0 unspecified atom stereocenters. The summed E-state index contributed by atoms with van der Waals surface area (Å²) in [6, 6.07) is 8.23. The van der Waals surface area contributed by atoms with E-state index in [2.05, 4.69) is 10.6 Å². The van der Waals surface area contributed by atoms with Crippen molar-refractivity contribution >= 4 is 11.9 Å². The second-order valence-electron chi connectivity index (χ2n) is 4.33. The summed E-state index contributed by atoms with van der Waals surface area (Å²) in [6.45, 7) is 3.21. The summed E-state index contributed by atoms with van der Waals surface area (Å²) in [5, 5.41) is 5.60. The molecular formula is C15H22N2O4. The Balaban J connectivity index is 2.61. The molecule has 0 aromatic heterocycles. The average Bonchev–Trinajstić information content (AvgIpc) is 2.50. The number of ether oxygens (including phenoxy) is 2. The number of amides is 1. The van der Waals surface area contributed by atoms with E-state index in [0.29, 0.717) is 18.7 Å². The fourth-order valence-corrected chi connectivity index (χ4v) is 1.74. The summed E-state index contributed by atoms with van der Waals surface area (Å²) in [5.41, 5.74) is 0.696. The van der Waals surface area contributed by atoms with Gasteiger partial charge in [-0.25, -0.2) is 4.79 Å². The molecule has 116 valence electrons. The Morgan fingerprint density at radius 2 is 1.95 bits per heavy atom. The van der Waals surface area contributed by atoms with E-state index < -0.39 is 12.0 Å². The maximum absolute atomic E-state index is 12.0. The lowest BCUT2D eigenvalue weighted by molar-refractivity contribution is -0.147. The number of hydrogen-bond donors (Lipinski definition) is 2. The van der Waals surface area contributed by atoms with Gasteiger partial charge in [0.05, 0.1) is 19.8 Å². The van der Waals surface area contributed by atoms with Crippen LogP contribution < -0.4 is 10.6 Å². The van der Waals surface area contributed by atoms with Crippen molar-refractivity contribution in [3.05, 3.63) is 35.9 Å². The number of hydrogen-bond acceptors (Lipinski definition) is 5. The Morgan fingerprint density at radius 3 is 2.57 bits per heavy atom. The zero-order valence-electron chi connectivity index (χ0n) is 12.4. The molecule has 0 fully saturated rings. The van der Waals surface area contributed by atoms with Crippen LogP contribution in [0.15, 0.2) is 30.3 Å². The molecule has 0 saturated carbocycles. The molecule has 21 heavy (non-hydrogen) atoms. The van der Waals surface area contributed by atoms with Crippen LogP contribution in [0.1, 0.15) is 18.5 Å². The summed E-state index contributed by atoms with van der Waals surface area (Å²) in [4.78, 5) is 23.9. The number of carbonyl (C=O) groups excluding carboxylic acids is 2. The van der Waals surface area contributed by atoms with Gasteiger partial charge in [-0.3, -0.25) is 4.79 Å². The molecule has 1 amide bonds. The normalized spacial score (nSPS) is 11.7. The summed E-state index contributed by atoms with van der Waals surface area (Å²) in [7, 11) is 1.59. The second-order valence-corrected chi connectivity index (χ2v) is 4.33. The first-order valence-electron chi connectivity index (χ1n) is 6.89. The molecule has 1 atom stereocenters. The Morgan fingerprint density at radius 1 is 1.24 bits per heavy atom. The first-order valence-corrected chi connectivity index (χ1v) is 6.89. The molecule has 0 saturated heterocycles. The third kappa shape index (κ3) is 6.37. The molecule has 1 rings (SSSR count). The summed E-state index contributed by atoms with van der Waals surface area (Å²) in [6.07, 6.45) is 0. The van der Waals surface area contributed by atoms with Crippen LogP contribution in [0.4, 0.5) is 0 Å². The SMILES string of the molecule is CCOC(=O)[C@H](NC(=O)CNCCOC)c1ccccc1. The highest BCUT2D eigenvalue weighted by Crippen LogP contribution is 2.14. The minimum Gasteiger partial charge on any atom is -0.464 e. The van der Waals surface area contributed by atoms with Crippen LogP contribution >= 0.6 is 0 Å². The van der Waals surface area contributed by atoms with Crippen molar-refractivity contribution in [3.63, 3.8) is 0 Å². The predicted octanol–water partition coefficient (Wildman–Crippen LogP) is 0.643. The summed E-state index contributed by atoms with van der Waals surface area (Å²) < 4.78 is 9.88. The average molecular weight is 294 g/mol. The molecule has 1 aromatic carbocycles. The van der Waals surface area contributed by atoms with E-state index >= 15 is 0 Å². The second kappa shape index (κ2) is 9.90. The smallest absolute Gasteiger partial charge is 0.333 e. The molecule has 0 heterocycles. The molecule has 0 spiro atoms. The molecule has 0 aliphatic heterocycles. The quantitative estimate of drug-likeness (QED) is 0.516. The Labute approximate surface area is 124 Å². The lowest BCUT2D eigenvalue weighted by Crippen LogP contribution is -2.40. The monoisotopic (exact) mass is 294 g/mol. The number of rotatable bonds is 9. The van der Waals surface area contributed by atoms with Gasteiger partial charge >= 0.3 is 5.97 Å². The van der Waals surface area contributed by atoms with E-state index in [1.165, 1.54) is 0 Å². The predicted molar refractivity (Wildman–Crippen MR) is 78.7 cm³/mol. The largest absolute Gasteiger partial charge is 0.464 e. The lowest BCUT2D eigenvalue weighted by atomic mass is 10.1. The Bertz CT molecular complexity index is 437. The first-order chi connectivity index (χ1) is 10.2. The minimum absolute atomic E-state index is 0.117. The number of benzene rings is 1. The van der Waals surface area contributed by atoms with E-state index in [1.807, 2.05) is 18.2 Å². The van der Waals surface area contributed by atoms with Gasteiger partial charge in [-0.1, -0.05) is 30.3 Å². The van der Waals surface area contributed by atoms with Crippen LogP contribution in [0, 0.1) is 0 Å². The van der Waals surface area contributed by atoms with Gasteiger partial charge in [-0.05, 0) is 12.5 Å². The van der Waals surface area contributed by atoms with Crippen molar-refractivity contribution in [2.45, 2.75) is 13.0 Å². The number of methoxy groups -OCH3 is 1. The van der Waals surface area contributed by atoms with Gasteiger partial charge in [0.15, 0.2) is 6.04 Å². The molecule has 2 N–H and O–H groups in total. The van der Waals surface area contributed by atoms with Gasteiger partial charge in [0.25, 0.3) is 0 Å². The van der Waals surface area contributed by atoms with Crippen LogP contribution in [0.5, 0.6) is 0 Å². The highest BCUT2D eigenvalue weighted by Gasteiger charge is 2.23. The van der Waals surface area contributed by atoms with Crippen molar-refractivity contribution < 1.29 is 19.1 Å². The van der Waals surface area contributed by atoms with Gasteiger partial charge in [0.1, 0.15) is 0 Å². The van der Waals surface area contributed by atoms with E-state index in [1.54, 1.807) is 26.2 Å². The number of esters is 1. The van der Waals surface area contributed by atoms with Crippen molar-refractivity contribution in [1.29, 1.82) is 0 Å². The Kier molecular flexibility index (Phi) is 8.08. The third-order valence-electron chi connectivity index (χ3n) is 2.73. The van der Waals surface area contributed by atoms with Crippen LogP contribution in [0.3, 0.4) is 0 Å². The van der Waals surface area contributed by atoms with Crippen molar-refractivity contribution in [1.82, 2.24) is 10.6 Å². The number of carbonyl (C=O) groups is 2. The van der Waals surface area contributed by atoms with Gasteiger partial charge in [-0.15, -0.1) is 0 Å². The van der Waals surface area contributed by atoms with Crippen LogP contribution in [-0.2, 0) is 19.1 Å². The molecular weight excluding hydrogens is 272 g/mol. The number of nitrogens with one attached hydrogen (secondary N) is 2. The molecule has 1 aromatic rings. The van der Waals surface area contributed by atoms with Gasteiger partial charge in [-0.2, -0.15) is 0 Å². The van der Waals surface area contributed by atoms with Crippen LogP contribution in [0.2, 0.25) is 0 Å². The van der Waals surface area contributed by atoms with Gasteiger partial charge in [0, 0.05) is 13.7 Å². The zero-order valence-corrected chi connectivity index (χ0v) is 12.4. The molecule has 0 aliphatic carbocycles. The van der Waals surface area contributed by atoms with E-state index in [4.69, 9.17) is 9.47 Å². The lowest BCUT2D eigenvalue weighted by Gasteiger charge is -2.17. The van der Waals surface area contributed by atoms with Crippen molar-refractivity contribution in [3.8, 4) is 0 Å². The third-order valence-corrected chi connectivity index (χ3v) is 2.73. The maximum atomic E-state index is 12.0. The fourth-order valence-electron chi connectivity index (χ4n) is 1.74. The minimum atomic E-state index is -0.789. The van der Waals surface area contributed by atoms with E-state index in [-0.39, 0.29) is 19.1 Å². The van der Waals surface area contributed by atoms with Crippen molar-refractivity contribution in [2.75, 3.05) is 33.4 Å². The zero-order chi connectivity index (χ0) is 15.5. The van der Waals surface area contributed by atoms with E-state index in [0.717, 1.165) is 0 Å². The maximum Gasteiger partial charge on any atom is 0.333 e. The standard InChI is InChI=1S/C15H22N2O4/c1-3-21-15(19)14(12-7-5-4-6-8-12)17-13(18)11-16-9-10-20-2/h4-8,14,16H,3,9-11H2,1-2H3,(H,17,18)/t14-/m1/s1. The van der Waals surface area contributed by atoms with Gasteiger partial charge < -0.3 is 20.1 Å².